The number of nitrogens with one attached hydrogen (secondary N) is 1. The zero-order chi connectivity index (χ0) is 11.8. The number of ether oxygens (including phenoxy) is 1. The first-order chi connectivity index (χ1) is 7.70. The molecule has 1 unspecified atom stereocenters. The molecule has 96 valence electrons. The normalized spacial score (nSPS) is 22.9. The smallest absolute Gasteiger partial charge is 0.0622 e. The lowest BCUT2D eigenvalue weighted by atomic mass is 10.0. The van der Waals surface area contributed by atoms with Crippen LogP contribution in [0.3, 0.4) is 0 Å². The molecule has 3 nitrogen and oxygen atoms in total. The van der Waals surface area contributed by atoms with Gasteiger partial charge < -0.3 is 15.0 Å². The number of hydrogen-bond donors (Lipinski definition) is 1. The highest BCUT2D eigenvalue weighted by Gasteiger charge is 2.18. The molecule has 0 amide bonds. The second-order valence-corrected chi connectivity index (χ2v) is 5.30. The summed E-state index contributed by atoms with van der Waals surface area (Å²) in [5, 5.41) is 3.40. The Balaban J connectivity index is 1.94. The standard InChI is InChI=1S/C13H28N2O/c1-12(2)10-14-7-9-16-11-13-6-4-5-8-15(13)3/h12-14H,4-11H2,1-3H3. The molecule has 0 bridgehead atoms. The van der Waals surface area contributed by atoms with Crippen LogP contribution in [-0.2, 0) is 4.74 Å². The Morgan fingerprint density at radius 2 is 2.19 bits per heavy atom. The lowest BCUT2D eigenvalue weighted by molar-refractivity contribution is 0.0542. The zero-order valence-corrected chi connectivity index (χ0v) is 11.2. The molecule has 1 heterocycles. The van der Waals surface area contributed by atoms with Crippen molar-refractivity contribution >= 4 is 0 Å². The molecule has 0 spiro atoms. The SMILES string of the molecule is CC(C)CNCCOCC1CCCCN1C. The lowest BCUT2D eigenvalue weighted by Crippen LogP contribution is -2.39. The Kier molecular flexibility index (Phi) is 7.01. The van der Waals surface area contributed by atoms with Gasteiger partial charge in [0.25, 0.3) is 0 Å². The summed E-state index contributed by atoms with van der Waals surface area (Å²) in [5.41, 5.74) is 0. The van der Waals surface area contributed by atoms with E-state index in [1.54, 1.807) is 0 Å². The molecule has 1 aliphatic rings. The van der Waals surface area contributed by atoms with Gasteiger partial charge in [-0.05, 0) is 38.9 Å². The molecular formula is C13H28N2O. The molecule has 0 aromatic carbocycles. The monoisotopic (exact) mass is 228 g/mol. The van der Waals surface area contributed by atoms with E-state index in [1.165, 1.54) is 25.8 Å². The number of rotatable bonds is 7. The van der Waals surface area contributed by atoms with Crippen LogP contribution in [0.5, 0.6) is 0 Å². The zero-order valence-electron chi connectivity index (χ0n) is 11.2. The summed E-state index contributed by atoms with van der Waals surface area (Å²) >= 11 is 0. The molecular weight excluding hydrogens is 200 g/mol. The van der Waals surface area contributed by atoms with E-state index in [4.69, 9.17) is 4.74 Å². The number of likely N-dealkylation sites (tertiary alicyclic amines) is 1. The van der Waals surface area contributed by atoms with Gasteiger partial charge in [-0.3, -0.25) is 0 Å². The van der Waals surface area contributed by atoms with Crippen molar-refractivity contribution in [3.8, 4) is 0 Å². The molecule has 1 N–H and O–H groups in total. The van der Waals surface area contributed by atoms with Crippen molar-refractivity contribution in [1.29, 1.82) is 0 Å². The van der Waals surface area contributed by atoms with Crippen LogP contribution in [0.15, 0.2) is 0 Å². The Hall–Kier alpha value is -0.120. The maximum absolute atomic E-state index is 5.72. The van der Waals surface area contributed by atoms with E-state index in [0.29, 0.717) is 6.04 Å². The predicted molar refractivity (Wildman–Crippen MR) is 68.8 cm³/mol. The molecule has 1 rings (SSSR count). The first-order valence-corrected chi connectivity index (χ1v) is 6.69. The molecule has 1 fully saturated rings. The van der Waals surface area contributed by atoms with Crippen molar-refractivity contribution in [1.82, 2.24) is 10.2 Å². The summed E-state index contributed by atoms with van der Waals surface area (Å²) in [4.78, 5) is 2.44. The molecule has 3 heteroatoms. The average Bonchev–Trinajstić information content (AvgIpc) is 2.25. The average molecular weight is 228 g/mol. The highest BCUT2D eigenvalue weighted by molar-refractivity contribution is 4.73. The van der Waals surface area contributed by atoms with Gasteiger partial charge in [0.15, 0.2) is 0 Å². The molecule has 0 aromatic heterocycles. The first kappa shape index (κ1) is 13.9. The van der Waals surface area contributed by atoms with Crippen molar-refractivity contribution in [2.45, 2.75) is 39.2 Å². The van der Waals surface area contributed by atoms with Crippen LogP contribution >= 0.6 is 0 Å². The molecule has 1 atom stereocenters. The highest BCUT2D eigenvalue weighted by Crippen LogP contribution is 2.14. The minimum atomic E-state index is 0.652. The van der Waals surface area contributed by atoms with E-state index in [0.717, 1.165) is 32.2 Å². The van der Waals surface area contributed by atoms with Gasteiger partial charge in [0.05, 0.1) is 13.2 Å². The van der Waals surface area contributed by atoms with Crippen LogP contribution in [0.2, 0.25) is 0 Å². The minimum absolute atomic E-state index is 0.652. The van der Waals surface area contributed by atoms with Crippen molar-refractivity contribution in [2.75, 3.05) is 39.9 Å². The molecule has 0 saturated carbocycles. The quantitative estimate of drug-likeness (QED) is 0.672. The predicted octanol–water partition coefficient (Wildman–Crippen LogP) is 1.73. The minimum Gasteiger partial charge on any atom is -0.379 e. The fourth-order valence-electron chi connectivity index (χ4n) is 2.11. The first-order valence-electron chi connectivity index (χ1n) is 6.69. The third-order valence-electron chi connectivity index (χ3n) is 3.21. The van der Waals surface area contributed by atoms with Crippen LogP contribution < -0.4 is 5.32 Å². The van der Waals surface area contributed by atoms with Crippen molar-refractivity contribution in [3.63, 3.8) is 0 Å². The third kappa shape index (κ3) is 5.83. The summed E-state index contributed by atoms with van der Waals surface area (Å²) in [7, 11) is 2.21. The molecule has 1 aliphatic heterocycles. The third-order valence-corrected chi connectivity index (χ3v) is 3.21. The molecule has 0 aliphatic carbocycles. The Labute approximate surface area is 101 Å². The fraction of sp³-hybridized carbons (Fsp3) is 1.00. The van der Waals surface area contributed by atoms with Crippen LogP contribution in [-0.4, -0.2) is 50.8 Å². The van der Waals surface area contributed by atoms with Crippen LogP contribution in [0.4, 0.5) is 0 Å². The van der Waals surface area contributed by atoms with Gasteiger partial charge in [-0.2, -0.15) is 0 Å². The van der Waals surface area contributed by atoms with Gasteiger partial charge in [-0.1, -0.05) is 20.3 Å². The second kappa shape index (κ2) is 8.04. The summed E-state index contributed by atoms with van der Waals surface area (Å²) in [6.07, 6.45) is 4.02. The van der Waals surface area contributed by atoms with Gasteiger partial charge in [0, 0.05) is 12.6 Å². The van der Waals surface area contributed by atoms with Crippen molar-refractivity contribution < 1.29 is 4.74 Å². The maximum Gasteiger partial charge on any atom is 0.0622 e. The van der Waals surface area contributed by atoms with Crippen LogP contribution in [0.25, 0.3) is 0 Å². The summed E-state index contributed by atoms with van der Waals surface area (Å²) < 4.78 is 5.72. The Bertz CT molecular complexity index is 173. The van der Waals surface area contributed by atoms with Gasteiger partial charge in [0.2, 0.25) is 0 Å². The van der Waals surface area contributed by atoms with Gasteiger partial charge in [0.1, 0.15) is 0 Å². The largest absolute Gasteiger partial charge is 0.379 e. The van der Waals surface area contributed by atoms with Gasteiger partial charge >= 0.3 is 0 Å². The van der Waals surface area contributed by atoms with Crippen LogP contribution in [0.1, 0.15) is 33.1 Å². The van der Waals surface area contributed by atoms with E-state index in [1.807, 2.05) is 0 Å². The van der Waals surface area contributed by atoms with E-state index in [-0.39, 0.29) is 0 Å². The molecule has 0 radical (unpaired) electrons. The number of piperidine rings is 1. The fourth-order valence-corrected chi connectivity index (χ4v) is 2.11. The maximum atomic E-state index is 5.72. The summed E-state index contributed by atoms with van der Waals surface area (Å²) in [5.74, 6) is 0.726. The van der Waals surface area contributed by atoms with Gasteiger partial charge in [-0.15, -0.1) is 0 Å². The lowest BCUT2D eigenvalue weighted by Gasteiger charge is -2.32. The van der Waals surface area contributed by atoms with Crippen molar-refractivity contribution in [2.24, 2.45) is 5.92 Å². The summed E-state index contributed by atoms with van der Waals surface area (Å²) in [6.45, 7) is 9.51. The topological polar surface area (TPSA) is 24.5 Å². The van der Waals surface area contributed by atoms with E-state index < -0.39 is 0 Å². The highest BCUT2D eigenvalue weighted by atomic mass is 16.5. The summed E-state index contributed by atoms with van der Waals surface area (Å²) in [6, 6.07) is 0.652. The van der Waals surface area contributed by atoms with E-state index in [9.17, 15) is 0 Å². The van der Waals surface area contributed by atoms with E-state index >= 15 is 0 Å². The molecule has 0 aromatic rings. The second-order valence-electron chi connectivity index (χ2n) is 5.30. The van der Waals surface area contributed by atoms with Crippen LogP contribution in [0, 0.1) is 5.92 Å². The van der Waals surface area contributed by atoms with E-state index in [2.05, 4.69) is 31.1 Å². The Morgan fingerprint density at radius 1 is 1.38 bits per heavy atom. The Morgan fingerprint density at radius 3 is 2.88 bits per heavy atom. The number of hydrogen-bond acceptors (Lipinski definition) is 3. The van der Waals surface area contributed by atoms with Gasteiger partial charge in [-0.25, -0.2) is 0 Å². The number of nitrogens with zero attached hydrogens (tertiary/aromatic N) is 1. The van der Waals surface area contributed by atoms with Crippen molar-refractivity contribution in [3.05, 3.63) is 0 Å². The number of likely N-dealkylation sites (N-methyl/N-ethyl adjacent to an activating group) is 1. The molecule has 16 heavy (non-hydrogen) atoms. The molecule has 1 saturated heterocycles.